The summed E-state index contributed by atoms with van der Waals surface area (Å²) in [6.45, 7) is 2.15. The van der Waals surface area contributed by atoms with Crippen LogP contribution in [0.3, 0.4) is 0 Å². The van der Waals surface area contributed by atoms with Gasteiger partial charge in [0.05, 0.1) is 6.04 Å². The first-order valence-electron chi connectivity index (χ1n) is 5.12. The lowest BCUT2D eigenvalue weighted by molar-refractivity contribution is -0.108. The van der Waals surface area contributed by atoms with Crippen molar-refractivity contribution in [3.8, 4) is 0 Å². The first kappa shape index (κ1) is 12.3. The number of aldehydes is 1. The first-order valence-corrected chi connectivity index (χ1v) is 6.28. The molecule has 0 fully saturated rings. The van der Waals surface area contributed by atoms with Crippen molar-refractivity contribution >= 4 is 18.0 Å². The van der Waals surface area contributed by atoms with Crippen molar-refractivity contribution in [2.45, 2.75) is 25.1 Å². The van der Waals surface area contributed by atoms with Crippen molar-refractivity contribution < 1.29 is 4.79 Å². The van der Waals surface area contributed by atoms with Crippen LogP contribution in [0.4, 0.5) is 0 Å². The van der Waals surface area contributed by atoms with E-state index in [9.17, 15) is 4.79 Å². The molecule has 15 heavy (non-hydrogen) atoms. The summed E-state index contributed by atoms with van der Waals surface area (Å²) in [5.41, 5.74) is 8.16. The van der Waals surface area contributed by atoms with E-state index < -0.39 is 0 Å². The normalized spacial score (nSPS) is 12.4. The molecule has 2 N–H and O–H groups in total. The van der Waals surface area contributed by atoms with Gasteiger partial charge in [0.2, 0.25) is 0 Å². The van der Waals surface area contributed by atoms with E-state index >= 15 is 0 Å². The molecule has 0 saturated carbocycles. The van der Waals surface area contributed by atoms with Crippen molar-refractivity contribution in [2.24, 2.45) is 5.73 Å². The monoisotopic (exact) mass is 223 g/mol. The molecule has 0 bridgehead atoms. The van der Waals surface area contributed by atoms with E-state index in [1.165, 1.54) is 11.1 Å². The largest absolute Gasteiger partial charge is 0.321 e. The second-order valence-electron chi connectivity index (χ2n) is 3.49. The lowest BCUT2D eigenvalue weighted by Gasteiger charge is -2.05. The van der Waals surface area contributed by atoms with Gasteiger partial charge in [0.25, 0.3) is 0 Å². The zero-order valence-corrected chi connectivity index (χ0v) is 9.80. The smallest absolute Gasteiger partial charge is 0.137 e. The van der Waals surface area contributed by atoms with Crippen LogP contribution in [0.15, 0.2) is 24.3 Å². The number of carbonyl (C=O) groups is 1. The molecule has 82 valence electrons. The fourth-order valence-corrected chi connectivity index (χ4v) is 2.18. The summed E-state index contributed by atoms with van der Waals surface area (Å²) in [4.78, 5) is 10.3. The predicted molar refractivity (Wildman–Crippen MR) is 66.0 cm³/mol. The lowest BCUT2D eigenvalue weighted by Crippen LogP contribution is -2.24. The van der Waals surface area contributed by atoms with Crippen LogP contribution in [0.1, 0.15) is 18.1 Å². The summed E-state index contributed by atoms with van der Waals surface area (Å²) < 4.78 is 0. The molecule has 3 heteroatoms. The lowest BCUT2D eigenvalue weighted by atomic mass is 10.1. The third-order valence-electron chi connectivity index (χ3n) is 2.15. The van der Waals surface area contributed by atoms with E-state index in [2.05, 4.69) is 31.2 Å². The Balaban J connectivity index is 2.40. The fourth-order valence-electron chi connectivity index (χ4n) is 1.29. The minimum absolute atomic E-state index is 0.329. The summed E-state index contributed by atoms with van der Waals surface area (Å²) in [7, 11) is 0. The van der Waals surface area contributed by atoms with E-state index in [0.29, 0.717) is 5.75 Å². The van der Waals surface area contributed by atoms with Gasteiger partial charge in [-0.05, 0) is 17.5 Å². The summed E-state index contributed by atoms with van der Waals surface area (Å²) in [6.07, 6.45) is 1.86. The number of carbonyl (C=O) groups excluding carboxylic acids is 1. The van der Waals surface area contributed by atoms with Gasteiger partial charge < -0.3 is 10.5 Å². The number of hydrogen-bond acceptors (Lipinski definition) is 3. The van der Waals surface area contributed by atoms with E-state index in [1.54, 1.807) is 11.8 Å². The van der Waals surface area contributed by atoms with Crippen molar-refractivity contribution in [1.82, 2.24) is 0 Å². The number of nitrogens with two attached hydrogens (primary N) is 1. The molecule has 1 aromatic rings. The molecule has 0 aliphatic carbocycles. The molecule has 0 spiro atoms. The van der Waals surface area contributed by atoms with E-state index in [4.69, 9.17) is 5.73 Å². The van der Waals surface area contributed by atoms with Crippen molar-refractivity contribution in [3.05, 3.63) is 35.4 Å². The maximum absolute atomic E-state index is 10.3. The van der Waals surface area contributed by atoms with Crippen molar-refractivity contribution in [2.75, 3.05) is 5.75 Å². The van der Waals surface area contributed by atoms with Gasteiger partial charge in [-0.1, -0.05) is 31.2 Å². The average molecular weight is 223 g/mol. The van der Waals surface area contributed by atoms with Crippen LogP contribution in [0.2, 0.25) is 0 Å². The summed E-state index contributed by atoms with van der Waals surface area (Å²) in [5.74, 6) is 1.62. The summed E-state index contributed by atoms with van der Waals surface area (Å²) in [6, 6.07) is 8.20. The van der Waals surface area contributed by atoms with Crippen LogP contribution < -0.4 is 5.73 Å². The molecule has 1 rings (SSSR count). The Labute approximate surface area is 95.2 Å². The molecular weight excluding hydrogens is 206 g/mol. The number of hydrogen-bond donors (Lipinski definition) is 1. The van der Waals surface area contributed by atoms with Gasteiger partial charge in [-0.25, -0.2) is 0 Å². The van der Waals surface area contributed by atoms with Gasteiger partial charge in [-0.2, -0.15) is 11.8 Å². The number of aryl methyl sites for hydroxylation is 1. The minimum atomic E-state index is -0.329. The van der Waals surface area contributed by atoms with Crippen LogP contribution in [0, 0.1) is 0 Å². The van der Waals surface area contributed by atoms with Gasteiger partial charge in [-0.15, -0.1) is 0 Å². The summed E-state index contributed by atoms with van der Waals surface area (Å²) >= 11 is 1.70. The molecule has 1 atom stereocenters. The molecule has 0 aromatic heterocycles. The van der Waals surface area contributed by atoms with Crippen LogP contribution in [-0.4, -0.2) is 18.1 Å². The second kappa shape index (κ2) is 6.64. The SMILES string of the molecule is CCc1cccc(CSC[C@H](N)C=O)c1. The van der Waals surface area contributed by atoms with Crippen LogP contribution in [0.5, 0.6) is 0 Å². The second-order valence-corrected chi connectivity index (χ2v) is 4.52. The Morgan fingerprint density at radius 2 is 2.20 bits per heavy atom. The third-order valence-corrected chi connectivity index (χ3v) is 3.31. The van der Waals surface area contributed by atoms with E-state index in [1.807, 2.05) is 0 Å². The topological polar surface area (TPSA) is 43.1 Å². The Bertz CT molecular complexity index is 314. The highest BCUT2D eigenvalue weighted by atomic mass is 32.2. The third kappa shape index (κ3) is 4.49. The molecule has 0 amide bonds. The standard InChI is InChI=1S/C12H17NOS/c1-2-10-4-3-5-11(6-10)8-15-9-12(13)7-14/h3-7,12H,2,8-9,13H2,1H3/t12-/m1/s1. The maximum Gasteiger partial charge on any atom is 0.137 e. The Kier molecular flexibility index (Phi) is 5.43. The highest BCUT2D eigenvalue weighted by Crippen LogP contribution is 2.14. The minimum Gasteiger partial charge on any atom is -0.321 e. The average Bonchev–Trinajstić information content (AvgIpc) is 2.29. The fraction of sp³-hybridized carbons (Fsp3) is 0.417. The van der Waals surface area contributed by atoms with Crippen molar-refractivity contribution in [3.63, 3.8) is 0 Å². The highest BCUT2D eigenvalue weighted by Gasteiger charge is 2.00. The number of thioether (sulfide) groups is 1. The van der Waals surface area contributed by atoms with Gasteiger partial charge in [0, 0.05) is 11.5 Å². The number of benzene rings is 1. The molecule has 1 aromatic carbocycles. The van der Waals surface area contributed by atoms with Crippen LogP contribution in [0.25, 0.3) is 0 Å². The Morgan fingerprint density at radius 1 is 1.47 bits per heavy atom. The van der Waals surface area contributed by atoms with Crippen LogP contribution >= 0.6 is 11.8 Å². The molecule has 0 aliphatic heterocycles. The van der Waals surface area contributed by atoms with Gasteiger partial charge in [0.1, 0.15) is 6.29 Å². The quantitative estimate of drug-likeness (QED) is 0.750. The zero-order valence-electron chi connectivity index (χ0n) is 8.98. The molecule has 0 radical (unpaired) electrons. The van der Waals surface area contributed by atoms with Crippen molar-refractivity contribution in [1.29, 1.82) is 0 Å². The predicted octanol–water partition coefficient (Wildman–Crippen LogP) is 2.01. The molecular formula is C12H17NOS. The molecule has 0 heterocycles. The van der Waals surface area contributed by atoms with Gasteiger partial charge in [-0.3, -0.25) is 0 Å². The van der Waals surface area contributed by atoms with Crippen LogP contribution in [-0.2, 0) is 17.0 Å². The Morgan fingerprint density at radius 3 is 2.87 bits per heavy atom. The molecule has 2 nitrogen and oxygen atoms in total. The molecule has 0 aliphatic rings. The van der Waals surface area contributed by atoms with Gasteiger partial charge >= 0.3 is 0 Å². The van der Waals surface area contributed by atoms with E-state index in [0.717, 1.165) is 18.5 Å². The van der Waals surface area contributed by atoms with Gasteiger partial charge in [0.15, 0.2) is 0 Å². The first-order chi connectivity index (χ1) is 7.26. The zero-order chi connectivity index (χ0) is 11.1. The molecule has 0 saturated heterocycles. The highest BCUT2D eigenvalue weighted by molar-refractivity contribution is 7.98. The van der Waals surface area contributed by atoms with E-state index in [-0.39, 0.29) is 6.04 Å². The maximum atomic E-state index is 10.3. The molecule has 0 unspecified atom stereocenters. The number of rotatable bonds is 6. The Hall–Kier alpha value is -0.800. The summed E-state index contributed by atoms with van der Waals surface area (Å²) in [5, 5.41) is 0.